The minimum atomic E-state index is -3.76. The fourth-order valence-electron chi connectivity index (χ4n) is 2.35. The molecule has 25 heavy (non-hydrogen) atoms. The molecular weight excluding hydrogens is 382 g/mol. The highest BCUT2D eigenvalue weighted by Crippen LogP contribution is 2.30. The second-order valence-corrected chi connectivity index (χ2v) is 8.53. The van der Waals surface area contributed by atoms with Gasteiger partial charge in [0.2, 0.25) is 10.0 Å². The molecule has 132 valence electrons. The van der Waals surface area contributed by atoms with E-state index in [2.05, 4.69) is 4.72 Å². The second-order valence-electron chi connectivity index (χ2n) is 5.45. The van der Waals surface area contributed by atoms with Gasteiger partial charge in [-0.2, -0.15) is 0 Å². The Bertz CT molecular complexity index is 964. The Morgan fingerprint density at radius 2 is 2.12 bits per heavy atom. The number of thiophene rings is 1. The molecule has 5 nitrogen and oxygen atoms in total. The molecule has 3 aromatic rings. The van der Waals surface area contributed by atoms with Crippen molar-refractivity contribution in [3.05, 3.63) is 63.5 Å². The van der Waals surface area contributed by atoms with Gasteiger partial charge in [0.05, 0.1) is 11.2 Å². The first kappa shape index (κ1) is 18.2. The molecule has 2 aromatic heterocycles. The zero-order valence-electron chi connectivity index (χ0n) is 13.3. The number of benzene rings is 1. The van der Waals surface area contributed by atoms with E-state index >= 15 is 0 Å². The summed E-state index contributed by atoms with van der Waals surface area (Å²) in [6.07, 6.45) is 0.618. The fourth-order valence-corrected chi connectivity index (χ4v) is 4.76. The first-order valence-corrected chi connectivity index (χ1v) is 10.2. The molecule has 3 rings (SSSR count). The summed E-state index contributed by atoms with van der Waals surface area (Å²) in [7, 11) is -3.76. The predicted octanol–water partition coefficient (Wildman–Crippen LogP) is 3.98. The van der Waals surface area contributed by atoms with Crippen LogP contribution in [0.2, 0.25) is 5.02 Å². The molecule has 0 saturated heterocycles. The third-order valence-electron chi connectivity index (χ3n) is 3.73. The zero-order chi connectivity index (χ0) is 18.0. The van der Waals surface area contributed by atoms with Crippen LogP contribution in [0.15, 0.2) is 57.4 Å². The lowest BCUT2D eigenvalue weighted by Crippen LogP contribution is -2.28. The van der Waals surface area contributed by atoms with Crippen LogP contribution in [0.25, 0.3) is 11.3 Å². The maximum atomic E-state index is 12.4. The fraction of sp³-hybridized carbons (Fsp3) is 0.176. The third kappa shape index (κ3) is 3.96. The van der Waals surface area contributed by atoms with Crippen LogP contribution in [0.4, 0.5) is 0 Å². The minimum Gasteiger partial charge on any atom is -0.464 e. The lowest BCUT2D eigenvalue weighted by Gasteiger charge is -2.13. The summed E-state index contributed by atoms with van der Waals surface area (Å²) in [5.41, 5.74) is 1.32. The van der Waals surface area contributed by atoms with Crippen LogP contribution in [0, 0.1) is 6.92 Å². The number of aliphatic hydroxyl groups excluding tert-OH is 1. The van der Waals surface area contributed by atoms with Gasteiger partial charge < -0.3 is 9.52 Å². The molecule has 0 spiro atoms. The lowest BCUT2D eigenvalue weighted by molar-refractivity contribution is 0.186. The number of hydrogen-bond acceptors (Lipinski definition) is 5. The molecule has 0 saturated carbocycles. The Balaban J connectivity index is 1.71. The number of rotatable bonds is 6. The molecule has 1 unspecified atom stereocenters. The van der Waals surface area contributed by atoms with Gasteiger partial charge in [0.15, 0.2) is 0 Å². The van der Waals surface area contributed by atoms with E-state index in [4.69, 9.17) is 16.0 Å². The molecule has 0 aliphatic heterocycles. The van der Waals surface area contributed by atoms with Crippen LogP contribution < -0.4 is 4.72 Å². The van der Waals surface area contributed by atoms with Crippen molar-refractivity contribution in [1.82, 2.24) is 4.72 Å². The Hall–Kier alpha value is -1.64. The van der Waals surface area contributed by atoms with Gasteiger partial charge in [0.1, 0.15) is 11.9 Å². The highest BCUT2D eigenvalue weighted by atomic mass is 35.5. The molecule has 8 heteroatoms. The van der Waals surface area contributed by atoms with Crippen molar-refractivity contribution in [1.29, 1.82) is 0 Å². The molecular formula is C17H16ClNO4S2. The maximum absolute atomic E-state index is 12.4. The van der Waals surface area contributed by atoms with Gasteiger partial charge in [-0.25, -0.2) is 13.1 Å². The van der Waals surface area contributed by atoms with Crippen LogP contribution >= 0.6 is 22.9 Å². The van der Waals surface area contributed by atoms with Crippen LogP contribution in [0.1, 0.15) is 16.5 Å². The molecule has 0 aliphatic rings. The van der Waals surface area contributed by atoms with Crippen molar-refractivity contribution in [3.8, 4) is 11.3 Å². The molecule has 0 amide bonds. The van der Waals surface area contributed by atoms with Gasteiger partial charge in [-0.1, -0.05) is 17.7 Å². The highest BCUT2D eigenvalue weighted by Gasteiger charge is 2.20. The van der Waals surface area contributed by atoms with Gasteiger partial charge in [0, 0.05) is 27.4 Å². The predicted molar refractivity (Wildman–Crippen MR) is 98.4 cm³/mol. The smallest absolute Gasteiger partial charge is 0.240 e. The van der Waals surface area contributed by atoms with E-state index in [0.29, 0.717) is 21.2 Å². The van der Waals surface area contributed by atoms with Gasteiger partial charge in [-0.15, -0.1) is 11.3 Å². The Morgan fingerprint density at radius 1 is 1.32 bits per heavy atom. The summed E-state index contributed by atoms with van der Waals surface area (Å²) < 4.78 is 32.6. The van der Waals surface area contributed by atoms with E-state index in [1.807, 2.05) is 11.4 Å². The van der Waals surface area contributed by atoms with Crippen molar-refractivity contribution in [3.63, 3.8) is 0 Å². The number of aliphatic hydroxyl groups is 1. The molecule has 2 heterocycles. The molecule has 0 aliphatic carbocycles. The van der Waals surface area contributed by atoms with Crippen molar-refractivity contribution in [2.24, 2.45) is 0 Å². The largest absolute Gasteiger partial charge is 0.464 e. The van der Waals surface area contributed by atoms with Crippen LogP contribution in [-0.2, 0) is 10.0 Å². The van der Waals surface area contributed by atoms with E-state index in [1.54, 1.807) is 37.5 Å². The zero-order valence-corrected chi connectivity index (χ0v) is 15.7. The Morgan fingerprint density at radius 3 is 2.84 bits per heavy atom. The molecule has 1 aromatic carbocycles. The third-order valence-corrected chi connectivity index (χ3v) is 6.74. The summed E-state index contributed by atoms with van der Waals surface area (Å²) >= 11 is 7.32. The number of hydrogen-bond donors (Lipinski definition) is 2. The average molecular weight is 398 g/mol. The van der Waals surface area contributed by atoms with E-state index in [1.165, 1.54) is 17.4 Å². The molecule has 1 atom stereocenters. The van der Waals surface area contributed by atoms with Gasteiger partial charge in [0.25, 0.3) is 0 Å². The first-order valence-electron chi connectivity index (χ1n) is 7.43. The van der Waals surface area contributed by atoms with Gasteiger partial charge in [-0.3, -0.25) is 0 Å². The summed E-state index contributed by atoms with van der Waals surface area (Å²) in [6, 6.07) is 10.1. The molecule has 0 fully saturated rings. The second kappa shape index (κ2) is 7.31. The van der Waals surface area contributed by atoms with E-state index in [-0.39, 0.29) is 11.4 Å². The maximum Gasteiger partial charge on any atom is 0.240 e. The summed E-state index contributed by atoms with van der Waals surface area (Å²) in [5, 5.41) is 12.5. The quantitative estimate of drug-likeness (QED) is 0.659. The van der Waals surface area contributed by atoms with Gasteiger partial charge in [-0.05, 0) is 42.8 Å². The van der Waals surface area contributed by atoms with Crippen molar-refractivity contribution in [2.75, 3.05) is 6.54 Å². The molecule has 0 radical (unpaired) electrons. The SMILES string of the molecule is Cc1c(Cl)cccc1S(=O)(=O)NCC(O)c1cc(-c2ccco2)cs1. The number of sulfonamides is 1. The van der Waals surface area contributed by atoms with Crippen molar-refractivity contribution in [2.45, 2.75) is 17.9 Å². The van der Waals surface area contributed by atoms with Crippen LogP contribution in [0.3, 0.4) is 0 Å². The Kier molecular flexibility index (Phi) is 5.31. The standard InChI is InChI=1S/C17H16ClNO4S2/c1-11-13(18)4-2-6-17(11)25(21,22)19-9-14(20)16-8-12(10-24-16)15-5-3-7-23-15/h2-8,10,14,19-20H,9H2,1H3. The summed E-state index contributed by atoms with van der Waals surface area (Å²) in [4.78, 5) is 0.756. The van der Waals surface area contributed by atoms with E-state index in [9.17, 15) is 13.5 Å². The van der Waals surface area contributed by atoms with Crippen LogP contribution in [-0.4, -0.2) is 20.1 Å². The molecule has 2 N–H and O–H groups in total. The topological polar surface area (TPSA) is 79.5 Å². The van der Waals surface area contributed by atoms with Crippen molar-refractivity contribution >= 4 is 33.0 Å². The van der Waals surface area contributed by atoms with Crippen molar-refractivity contribution < 1.29 is 17.9 Å². The number of nitrogens with one attached hydrogen (secondary N) is 1. The number of furan rings is 1. The van der Waals surface area contributed by atoms with Gasteiger partial charge >= 0.3 is 0 Å². The van der Waals surface area contributed by atoms with E-state index in [0.717, 1.165) is 5.56 Å². The summed E-state index contributed by atoms with van der Waals surface area (Å²) in [6.45, 7) is 1.51. The monoisotopic (exact) mass is 397 g/mol. The van der Waals surface area contributed by atoms with E-state index < -0.39 is 16.1 Å². The minimum absolute atomic E-state index is 0.106. The normalized spacial score (nSPS) is 13.1. The average Bonchev–Trinajstić information content (AvgIpc) is 3.26. The summed E-state index contributed by atoms with van der Waals surface area (Å²) in [5.74, 6) is 0.699. The lowest BCUT2D eigenvalue weighted by atomic mass is 10.2. The number of halogens is 1. The first-order chi connectivity index (χ1) is 11.9. The van der Waals surface area contributed by atoms with Crippen LogP contribution in [0.5, 0.6) is 0 Å². The molecule has 0 bridgehead atoms. The Labute approximate surface area is 154 Å². The highest BCUT2D eigenvalue weighted by molar-refractivity contribution is 7.89.